The van der Waals surface area contributed by atoms with Crippen molar-refractivity contribution < 1.29 is 22.8 Å². The van der Waals surface area contributed by atoms with Crippen molar-refractivity contribution in [1.82, 2.24) is 0 Å². The van der Waals surface area contributed by atoms with Crippen LogP contribution in [0.4, 0.5) is 0 Å². The molecule has 1 aliphatic heterocycles. The highest BCUT2D eigenvalue weighted by Crippen LogP contribution is 2.22. The van der Waals surface area contributed by atoms with E-state index >= 15 is 0 Å². The summed E-state index contributed by atoms with van der Waals surface area (Å²) >= 11 is 0. The molecule has 0 amide bonds. The van der Waals surface area contributed by atoms with Crippen molar-refractivity contribution in [3.05, 3.63) is 42.5 Å². The largest absolute Gasteiger partial charge is 0.469 e. The predicted molar refractivity (Wildman–Crippen MR) is 96.1 cm³/mol. The van der Waals surface area contributed by atoms with Crippen molar-refractivity contribution in [2.24, 2.45) is 0 Å². The molecule has 0 aromatic heterocycles. The highest BCUT2D eigenvalue weighted by molar-refractivity contribution is 7.91. The van der Waals surface area contributed by atoms with Crippen LogP contribution in [0.3, 0.4) is 0 Å². The van der Waals surface area contributed by atoms with Crippen LogP contribution in [-0.2, 0) is 19.4 Å². The fourth-order valence-corrected chi connectivity index (χ4v) is 5.45. The third-order valence-corrected chi connectivity index (χ3v) is 7.12. The van der Waals surface area contributed by atoms with Gasteiger partial charge >= 0.3 is 5.97 Å². The summed E-state index contributed by atoms with van der Waals surface area (Å²) in [5, 5.41) is 1.09. The fourth-order valence-electron chi connectivity index (χ4n) is 3.54. The minimum absolute atomic E-state index is 0.110. The summed E-state index contributed by atoms with van der Waals surface area (Å²) < 4.78 is 31.4. The van der Waals surface area contributed by atoms with Gasteiger partial charge in [-0.05, 0) is 42.2 Å². The van der Waals surface area contributed by atoms with Gasteiger partial charge in [-0.25, -0.2) is 8.42 Å². The van der Waals surface area contributed by atoms with E-state index in [-0.39, 0.29) is 11.3 Å². The van der Waals surface area contributed by atoms with Gasteiger partial charge in [-0.1, -0.05) is 30.3 Å². The lowest BCUT2D eigenvalue weighted by atomic mass is 10.1. The normalized spacial score (nSPS) is 17.3. The molecule has 1 aliphatic rings. The van der Waals surface area contributed by atoms with Gasteiger partial charge in [0.25, 0.3) is 0 Å². The number of piperidine rings is 1. The third kappa shape index (κ3) is 3.85. The molecular weight excluding hydrogens is 338 g/mol. The maximum absolute atomic E-state index is 13.3. The van der Waals surface area contributed by atoms with Crippen LogP contribution >= 0.6 is 0 Å². The zero-order valence-corrected chi connectivity index (χ0v) is 15.2. The molecule has 0 spiro atoms. The van der Waals surface area contributed by atoms with E-state index in [9.17, 15) is 13.2 Å². The van der Waals surface area contributed by atoms with Gasteiger partial charge < -0.3 is 9.64 Å². The first-order valence-corrected chi connectivity index (χ1v) is 10.2. The van der Waals surface area contributed by atoms with Crippen molar-refractivity contribution in [3.8, 4) is 0 Å². The molecule has 25 heavy (non-hydrogen) atoms. The number of sulfone groups is 1. The number of ether oxygens (including phenoxy) is 1. The van der Waals surface area contributed by atoms with Crippen LogP contribution in [0.25, 0.3) is 10.8 Å². The molecule has 0 bridgehead atoms. The number of benzene rings is 2. The van der Waals surface area contributed by atoms with E-state index in [2.05, 4.69) is 0 Å². The second-order valence-electron chi connectivity index (χ2n) is 6.54. The molecule has 134 valence electrons. The summed E-state index contributed by atoms with van der Waals surface area (Å²) in [7, 11) is -2.34. The molecular formula is C19H24NO4S+. The Balaban J connectivity index is 1.99. The molecule has 0 unspecified atom stereocenters. The van der Waals surface area contributed by atoms with Crippen LogP contribution in [0.5, 0.6) is 0 Å². The molecule has 1 heterocycles. The quantitative estimate of drug-likeness (QED) is 0.820. The van der Waals surface area contributed by atoms with Crippen LogP contribution in [0.15, 0.2) is 47.4 Å². The van der Waals surface area contributed by atoms with Crippen molar-refractivity contribution >= 4 is 26.6 Å². The Morgan fingerprint density at radius 3 is 2.44 bits per heavy atom. The summed E-state index contributed by atoms with van der Waals surface area (Å²) in [6, 6.07) is 12.8. The number of rotatable bonds is 5. The zero-order valence-electron chi connectivity index (χ0n) is 14.4. The van der Waals surface area contributed by atoms with E-state index in [0.29, 0.717) is 0 Å². The van der Waals surface area contributed by atoms with Crippen LogP contribution < -0.4 is 4.90 Å². The number of quaternary nitrogens is 1. The minimum atomic E-state index is -3.64. The predicted octanol–water partition coefficient (Wildman–Crippen LogP) is 1.57. The van der Waals surface area contributed by atoms with Gasteiger partial charge in [0.1, 0.15) is 6.42 Å². The topological polar surface area (TPSA) is 64.9 Å². The molecule has 2 aromatic rings. The van der Waals surface area contributed by atoms with Crippen LogP contribution in [0, 0.1) is 0 Å². The van der Waals surface area contributed by atoms with E-state index in [1.165, 1.54) is 7.11 Å². The first-order chi connectivity index (χ1) is 12.0. The molecule has 0 aliphatic carbocycles. The van der Waals surface area contributed by atoms with Gasteiger partial charge in [0.15, 0.2) is 0 Å². The molecule has 1 N–H and O–H groups in total. The minimum Gasteiger partial charge on any atom is -0.469 e. The number of methoxy groups -OCH3 is 1. The Labute approximate surface area is 148 Å². The Bertz CT molecular complexity index is 857. The Morgan fingerprint density at radius 2 is 1.76 bits per heavy atom. The number of carbonyl (C=O) groups is 1. The Morgan fingerprint density at radius 1 is 1.08 bits per heavy atom. The maximum atomic E-state index is 13.3. The van der Waals surface area contributed by atoms with Gasteiger partial charge in [-0.15, -0.1) is 0 Å². The van der Waals surface area contributed by atoms with Gasteiger partial charge in [0.2, 0.25) is 15.2 Å². The average molecular weight is 362 g/mol. The summed E-state index contributed by atoms with van der Waals surface area (Å²) in [5.74, 6) is -0.479. The van der Waals surface area contributed by atoms with Gasteiger partial charge in [0, 0.05) is 0 Å². The average Bonchev–Trinajstić information content (AvgIpc) is 2.66. The monoisotopic (exact) mass is 362 g/mol. The van der Waals surface area contributed by atoms with E-state index in [0.717, 1.165) is 48.0 Å². The molecule has 2 aromatic carbocycles. The Hall–Kier alpha value is -1.92. The van der Waals surface area contributed by atoms with Crippen LogP contribution in [0.2, 0.25) is 0 Å². The summed E-state index contributed by atoms with van der Waals surface area (Å²) in [5.41, 5.74) is 0. The van der Waals surface area contributed by atoms with Crippen molar-refractivity contribution in [3.63, 3.8) is 0 Å². The lowest BCUT2D eigenvalue weighted by molar-refractivity contribution is -0.915. The number of nitrogens with one attached hydrogen (secondary N) is 1. The number of likely N-dealkylation sites (tertiary alicyclic amines) is 1. The molecule has 5 nitrogen and oxygen atoms in total. The van der Waals surface area contributed by atoms with Crippen molar-refractivity contribution in [2.75, 3.05) is 20.2 Å². The molecule has 1 fully saturated rings. The van der Waals surface area contributed by atoms with Gasteiger partial charge in [-0.3, -0.25) is 4.79 Å². The molecule has 0 saturated carbocycles. The lowest BCUT2D eigenvalue weighted by Crippen LogP contribution is -3.17. The summed E-state index contributed by atoms with van der Waals surface area (Å²) in [6.45, 7) is 1.54. The molecule has 6 heteroatoms. The number of hydrogen-bond acceptors (Lipinski definition) is 4. The second-order valence-corrected chi connectivity index (χ2v) is 8.67. The first-order valence-electron chi connectivity index (χ1n) is 8.66. The van der Waals surface area contributed by atoms with E-state index in [4.69, 9.17) is 4.74 Å². The zero-order chi connectivity index (χ0) is 17.9. The maximum Gasteiger partial charge on any atom is 0.312 e. The number of carbonyl (C=O) groups excluding carboxylic acids is 1. The standard InChI is InChI=1S/C19H23NO4S/c1-24-19(21)14-18(20-11-5-2-6-12-20)25(22,23)17-10-9-15-7-3-4-8-16(15)13-17/h3-4,7-10,13,18H,2,5-6,11-12,14H2,1H3/p+1/t18-/m1/s1. The molecule has 1 saturated heterocycles. The van der Waals surface area contributed by atoms with Crippen LogP contribution in [0.1, 0.15) is 25.7 Å². The Kier molecular flexibility index (Phi) is 5.39. The third-order valence-electron chi connectivity index (χ3n) is 4.95. The van der Waals surface area contributed by atoms with Crippen molar-refractivity contribution in [2.45, 2.75) is 36.0 Å². The highest BCUT2D eigenvalue weighted by atomic mass is 32.2. The SMILES string of the molecule is COC(=O)C[C@H]([NH+]1CCCCC1)S(=O)(=O)c1ccc2ccccc2c1. The van der Waals surface area contributed by atoms with E-state index < -0.39 is 21.2 Å². The molecule has 0 radical (unpaired) electrons. The molecule has 3 rings (SSSR count). The second kappa shape index (κ2) is 7.54. The number of fused-ring (bicyclic) bond motifs is 1. The van der Waals surface area contributed by atoms with Gasteiger partial charge in [-0.2, -0.15) is 0 Å². The smallest absolute Gasteiger partial charge is 0.312 e. The van der Waals surface area contributed by atoms with Crippen LogP contribution in [-0.4, -0.2) is 40.0 Å². The molecule has 1 atom stereocenters. The van der Waals surface area contributed by atoms with E-state index in [1.807, 2.05) is 30.3 Å². The first kappa shape index (κ1) is 17.9. The number of esters is 1. The highest BCUT2D eigenvalue weighted by Gasteiger charge is 2.39. The summed E-state index contributed by atoms with van der Waals surface area (Å²) in [4.78, 5) is 13.1. The van der Waals surface area contributed by atoms with Gasteiger partial charge in [0.05, 0.1) is 25.1 Å². The number of hydrogen-bond donors (Lipinski definition) is 1. The fraction of sp³-hybridized carbons (Fsp3) is 0.421. The van der Waals surface area contributed by atoms with E-state index in [1.54, 1.807) is 12.1 Å². The van der Waals surface area contributed by atoms with Crippen molar-refractivity contribution in [1.29, 1.82) is 0 Å². The lowest BCUT2D eigenvalue weighted by Gasteiger charge is -2.30. The summed E-state index contributed by atoms with van der Waals surface area (Å²) in [6.07, 6.45) is 2.98.